The Bertz CT molecular complexity index is 496. The highest BCUT2D eigenvalue weighted by Crippen LogP contribution is 2.32. The first-order valence-corrected chi connectivity index (χ1v) is 5.77. The molecule has 0 unspecified atom stereocenters. The molecule has 112 valence electrons. The van der Waals surface area contributed by atoms with E-state index in [9.17, 15) is 22.8 Å². The van der Waals surface area contributed by atoms with E-state index in [1.807, 2.05) is 0 Å². The van der Waals surface area contributed by atoms with Gasteiger partial charge in [-0.1, -0.05) is 0 Å². The molecule has 0 saturated heterocycles. The van der Waals surface area contributed by atoms with Gasteiger partial charge in [-0.2, -0.15) is 18.3 Å². The van der Waals surface area contributed by atoms with Crippen LogP contribution in [0.3, 0.4) is 0 Å². The zero-order valence-corrected chi connectivity index (χ0v) is 10.9. The van der Waals surface area contributed by atoms with Crippen LogP contribution >= 0.6 is 0 Å². The SMILES string of the molecule is CCOC(=O)Cn1ncc(C(=O)OCC)c1C(F)(F)F. The number of carbonyl (C=O) groups excluding carboxylic acids is 2. The lowest BCUT2D eigenvalue weighted by Crippen LogP contribution is -2.23. The van der Waals surface area contributed by atoms with Gasteiger partial charge < -0.3 is 9.47 Å². The third-order valence-electron chi connectivity index (χ3n) is 2.19. The molecule has 0 fully saturated rings. The number of esters is 2. The van der Waals surface area contributed by atoms with Crippen molar-refractivity contribution in [1.29, 1.82) is 0 Å². The number of carbonyl (C=O) groups is 2. The van der Waals surface area contributed by atoms with Crippen molar-refractivity contribution >= 4 is 11.9 Å². The largest absolute Gasteiger partial charge is 0.465 e. The van der Waals surface area contributed by atoms with Crippen molar-refractivity contribution in [3.05, 3.63) is 17.5 Å². The average Bonchev–Trinajstić information content (AvgIpc) is 2.73. The fourth-order valence-corrected chi connectivity index (χ4v) is 1.49. The van der Waals surface area contributed by atoms with E-state index < -0.39 is 35.9 Å². The highest BCUT2D eigenvalue weighted by Gasteiger charge is 2.41. The van der Waals surface area contributed by atoms with Gasteiger partial charge in [-0.15, -0.1) is 0 Å². The molecule has 20 heavy (non-hydrogen) atoms. The number of ether oxygens (including phenoxy) is 2. The molecule has 0 atom stereocenters. The molecule has 0 N–H and O–H groups in total. The summed E-state index contributed by atoms with van der Waals surface area (Å²) in [7, 11) is 0. The van der Waals surface area contributed by atoms with E-state index in [1.165, 1.54) is 13.8 Å². The third-order valence-corrected chi connectivity index (χ3v) is 2.19. The molecule has 9 heteroatoms. The molecular formula is C11H13F3N2O4. The van der Waals surface area contributed by atoms with Crippen molar-refractivity contribution in [2.45, 2.75) is 26.6 Å². The van der Waals surface area contributed by atoms with Crippen molar-refractivity contribution in [2.24, 2.45) is 0 Å². The minimum Gasteiger partial charge on any atom is -0.465 e. The van der Waals surface area contributed by atoms with Gasteiger partial charge in [-0.3, -0.25) is 4.79 Å². The highest BCUT2D eigenvalue weighted by molar-refractivity contribution is 5.90. The van der Waals surface area contributed by atoms with Crippen LogP contribution in [0, 0.1) is 0 Å². The number of alkyl halides is 3. The van der Waals surface area contributed by atoms with Crippen LogP contribution in [0.4, 0.5) is 13.2 Å². The summed E-state index contributed by atoms with van der Waals surface area (Å²) < 4.78 is 48.3. The highest BCUT2D eigenvalue weighted by atomic mass is 19.4. The van der Waals surface area contributed by atoms with E-state index in [0.717, 1.165) is 6.20 Å². The van der Waals surface area contributed by atoms with Gasteiger partial charge in [0, 0.05) is 0 Å². The first-order valence-electron chi connectivity index (χ1n) is 5.77. The zero-order chi connectivity index (χ0) is 15.3. The summed E-state index contributed by atoms with van der Waals surface area (Å²) in [6.45, 7) is 2.22. The molecule has 1 rings (SSSR count). The maximum absolute atomic E-state index is 13.0. The molecule has 0 amide bonds. The van der Waals surface area contributed by atoms with Gasteiger partial charge >= 0.3 is 18.1 Å². The minimum atomic E-state index is -4.84. The van der Waals surface area contributed by atoms with Gasteiger partial charge in [0.1, 0.15) is 12.1 Å². The van der Waals surface area contributed by atoms with Crippen molar-refractivity contribution in [3.8, 4) is 0 Å². The number of halogens is 3. The monoisotopic (exact) mass is 294 g/mol. The van der Waals surface area contributed by atoms with Crippen molar-refractivity contribution in [3.63, 3.8) is 0 Å². The Labute approximate surface area is 112 Å². The van der Waals surface area contributed by atoms with E-state index in [4.69, 9.17) is 0 Å². The number of hydrogen-bond acceptors (Lipinski definition) is 5. The molecule has 0 aliphatic rings. The standard InChI is InChI=1S/C11H13F3N2O4/c1-3-19-8(17)6-16-9(11(12,13)14)7(5-15-16)10(18)20-4-2/h5H,3-4,6H2,1-2H3. The second-order valence-corrected chi connectivity index (χ2v) is 3.59. The fraction of sp³-hybridized carbons (Fsp3) is 0.545. The van der Waals surface area contributed by atoms with E-state index in [2.05, 4.69) is 14.6 Å². The minimum absolute atomic E-state index is 0.0339. The van der Waals surface area contributed by atoms with Gasteiger partial charge in [-0.05, 0) is 13.8 Å². The van der Waals surface area contributed by atoms with Crippen LogP contribution in [0.5, 0.6) is 0 Å². The molecule has 0 spiro atoms. The first kappa shape index (κ1) is 16.0. The molecule has 0 aromatic carbocycles. The molecule has 0 bridgehead atoms. The molecule has 1 heterocycles. The van der Waals surface area contributed by atoms with E-state index in [0.29, 0.717) is 4.68 Å². The molecular weight excluding hydrogens is 281 g/mol. The second kappa shape index (κ2) is 6.40. The van der Waals surface area contributed by atoms with Gasteiger partial charge in [0.2, 0.25) is 0 Å². The van der Waals surface area contributed by atoms with Crippen molar-refractivity contribution in [1.82, 2.24) is 9.78 Å². The second-order valence-electron chi connectivity index (χ2n) is 3.59. The Morgan fingerprint density at radius 2 is 1.85 bits per heavy atom. The van der Waals surface area contributed by atoms with E-state index in [-0.39, 0.29) is 13.2 Å². The normalized spacial score (nSPS) is 11.2. The number of hydrogen-bond donors (Lipinski definition) is 0. The van der Waals surface area contributed by atoms with Crippen molar-refractivity contribution < 1.29 is 32.2 Å². The van der Waals surface area contributed by atoms with Crippen molar-refractivity contribution in [2.75, 3.05) is 13.2 Å². The molecule has 0 aliphatic heterocycles. The summed E-state index contributed by atoms with van der Waals surface area (Å²) in [5, 5.41) is 3.40. The van der Waals surface area contributed by atoms with Crippen LogP contribution in [0.1, 0.15) is 29.9 Å². The molecule has 1 aromatic rings. The molecule has 0 aliphatic carbocycles. The zero-order valence-electron chi connectivity index (χ0n) is 10.9. The molecule has 0 saturated carbocycles. The Balaban J connectivity index is 3.13. The smallest absolute Gasteiger partial charge is 0.433 e. The topological polar surface area (TPSA) is 70.4 Å². The van der Waals surface area contributed by atoms with Crippen LogP contribution < -0.4 is 0 Å². The Hall–Kier alpha value is -2.06. The van der Waals surface area contributed by atoms with Gasteiger partial charge in [-0.25, -0.2) is 9.48 Å². The maximum atomic E-state index is 13.0. The first-order chi connectivity index (χ1) is 9.31. The Morgan fingerprint density at radius 1 is 1.25 bits per heavy atom. The van der Waals surface area contributed by atoms with Crippen LogP contribution in [0.15, 0.2) is 6.20 Å². The lowest BCUT2D eigenvalue weighted by atomic mass is 10.2. The van der Waals surface area contributed by atoms with Crippen LogP contribution in [-0.2, 0) is 27.0 Å². The van der Waals surface area contributed by atoms with Gasteiger partial charge in [0.05, 0.1) is 19.4 Å². The van der Waals surface area contributed by atoms with Gasteiger partial charge in [0.25, 0.3) is 0 Å². The third kappa shape index (κ3) is 3.72. The van der Waals surface area contributed by atoms with Crippen LogP contribution in [-0.4, -0.2) is 34.9 Å². The van der Waals surface area contributed by atoms with E-state index >= 15 is 0 Å². The Morgan fingerprint density at radius 3 is 2.35 bits per heavy atom. The van der Waals surface area contributed by atoms with E-state index in [1.54, 1.807) is 0 Å². The molecule has 1 aromatic heterocycles. The summed E-state index contributed by atoms with van der Waals surface area (Å²) >= 11 is 0. The molecule has 0 radical (unpaired) electrons. The number of aromatic nitrogens is 2. The molecule has 6 nitrogen and oxygen atoms in total. The van der Waals surface area contributed by atoms with Crippen LogP contribution in [0.2, 0.25) is 0 Å². The fourth-order valence-electron chi connectivity index (χ4n) is 1.49. The predicted molar refractivity (Wildman–Crippen MR) is 59.8 cm³/mol. The van der Waals surface area contributed by atoms with Gasteiger partial charge in [0.15, 0.2) is 5.69 Å². The quantitative estimate of drug-likeness (QED) is 0.772. The summed E-state index contributed by atoms with van der Waals surface area (Å²) in [5.74, 6) is -2.02. The van der Waals surface area contributed by atoms with Crippen LogP contribution in [0.25, 0.3) is 0 Å². The summed E-state index contributed by atoms with van der Waals surface area (Å²) in [4.78, 5) is 22.7. The number of nitrogens with zero attached hydrogens (tertiary/aromatic N) is 2. The lowest BCUT2D eigenvalue weighted by molar-refractivity contribution is -0.149. The predicted octanol–water partition coefficient (Wildman–Crippen LogP) is 1.64. The average molecular weight is 294 g/mol. The maximum Gasteiger partial charge on any atom is 0.433 e. The summed E-state index contributed by atoms with van der Waals surface area (Å²) in [6.07, 6.45) is -4.12. The summed E-state index contributed by atoms with van der Waals surface area (Å²) in [6, 6.07) is 0. The lowest BCUT2D eigenvalue weighted by Gasteiger charge is -2.11. The summed E-state index contributed by atoms with van der Waals surface area (Å²) in [5.41, 5.74) is -2.06. The Kier molecular flexibility index (Phi) is 5.12. The number of rotatable bonds is 5.